The van der Waals surface area contributed by atoms with Crippen molar-refractivity contribution in [2.45, 2.75) is 64.8 Å². The molecule has 0 unspecified atom stereocenters. The molecule has 2 heterocycles. The molecule has 17 heavy (non-hydrogen) atoms. The van der Waals surface area contributed by atoms with Crippen molar-refractivity contribution in [2.24, 2.45) is 0 Å². The van der Waals surface area contributed by atoms with E-state index in [1.807, 2.05) is 0 Å². The highest BCUT2D eigenvalue weighted by Gasteiger charge is 2.59. The van der Waals surface area contributed by atoms with Crippen LogP contribution in [0.3, 0.4) is 0 Å². The standard InChI is InChI=1S/C12H26BNO2Si/c1-11(2)12(3,4)16-13(15-11)17(5,6)14-9-7-8-10-14/h7-10H2,1-6H3. The zero-order valence-electron chi connectivity index (χ0n) is 12.2. The van der Waals surface area contributed by atoms with Crippen molar-refractivity contribution in [3.63, 3.8) is 0 Å². The lowest BCUT2D eigenvalue weighted by Gasteiger charge is -2.34. The Bertz CT molecular complexity index is 285. The van der Waals surface area contributed by atoms with Gasteiger partial charge in [-0.25, -0.2) is 0 Å². The molecule has 0 aromatic heterocycles. The Balaban J connectivity index is 2.14. The molecule has 5 heteroatoms. The van der Waals surface area contributed by atoms with Gasteiger partial charge in [-0.3, -0.25) is 0 Å². The first-order valence-electron chi connectivity index (χ1n) is 6.77. The first-order valence-corrected chi connectivity index (χ1v) is 9.80. The predicted octanol–water partition coefficient (Wildman–Crippen LogP) is 2.46. The van der Waals surface area contributed by atoms with Crippen molar-refractivity contribution in [3.8, 4) is 0 Å². The van der Waals surface area contributed by atoms with E-state index < -0.39 is 8.11 Å². The number of rotatable bonds is 2. The molecule has 3 nitrogen and oxygen atoms in total. The smallest absolute Gasteiger partial charge is 0.405 e. The lowest BCUT2D eigenvalue weighted by molar-refractivity contribution is 0.00578. The second-order valence-electron chi connectivity index (χ2n) is 6.94. The van der Waals surface area contributed by atoms with Crippen LogP contribution in [0.2, 0.25) is 13.1 Å². The third kappa shape index (κ3) is 2.23. The van der Waals surface area contributed by atoms with E-state index in [0.717, 1.165) is 0 Å². The van der Waals surface area contributed by atoms with Gasteiger partial charge in [-0.05, 0) is 53.6 Å². The van der Waals surface area contributed by atoms with E-state index in [-0.39, 0.29) is 17.9 Å². The highest BCUT2D eigenvalue weighted by atomic mass is 28.3. The number of hydrogen-bond acceptors (Lipinski definition) is 3. The van der Waals surface area contributed by atoms with Crippen molar-refractivity contribution >= 4 is 14.8 Å². The Morgan fingerprint density at radius 2 is 1.35 bits per heavy atom. The summed E-state index contributed by atoms with van der Waals surface area (Å²) in [5.41, 5.74) is -0.386. The van der Waals surface area contributed by atoms with E-state index in [1.54, 1.807) is 0 Å². The third-order valence-corrected chi connectivity index (χ3v) is 8.22. The molecule has 0 bridgehead atoms. The van der Waals surface area contributed by atoms with E-state index in [4.69, 9.17) is 9.31 Å². The molecule has 0 aliphatic carbocycles. The summed E-state index contributed by atoms with van der Waals surface area (Å²) in [7, 11) is -1.63. The molecule has 98 valence electrons. The fourth-order valence-corrected chi connectivity index (χ4v) is 5.51. The molecule has 2 aliphatic heterocycles. The van der Waals surface area contributed by atoms with Crippen LogP contribution < -0.4 is 0 Å². The van der Waals surface area contributed by atoms with Gasteiger partial charge >= 0.3 is 6.71 Å². The van der Waals surface area contributed by atoms with Gasteiger partial charge in [0.15, 0.2) is 8.11 Å². The molecule has 0 amide bonds. The van der Waals surface area contributed by atoms with Gasteiger partial charge in [0.1, 0.15) is 0 Å². The molecule has 2 aliphatic rings. The SMILES string of the molecule is CC1(C)OB([Si](C)(C)N2CCCC2)OC1(C)C. The average Bonchev–Trinajstić information content (AvgIpc) is 2.73. The molecule has 0 aromatic carbocycles. The van der Waals surface area contributed by atoms with Crippen LogP contribution in [0.4, 0.5) is 0 Å². The minimum Gasteiger partial charge on any atom is -0.405 e. The molecule has 2 fully saturated rings. The summed E-state index contributed by atoms with van der Waals surface area (Å²) in [5.74, 6) is 0. The second kappa shape index (κ2) is 4.08. The summed E-state index contributed by atoms with van der Waals surface area (Å²) >= 11 is 0. The van der Waals surface area contributed by atoms with Crippen molar-refractivity contribution in [3.05, 3.63) is 0 Å². The highest BCUT2D eigenvalue weighted by Crippen LogP contribution is 2.40. The van der Waals surface area contributed by atoms with Crippen LogP contribution in [0.1, 0.15) is 40.5 Å². The fraction of sp³-hybridized carbons (Fsp3) is 1.00. The summed E-state index contributed by atoms with van der Waals surface area (Å²) in [6, 6.07) is 0. The normalized spacial score (nSPS) is 28.9. The summed E-state index contributed by atoms with van der Waals surface area (Å²) in [4.78, 5) is 0. The Labute approximate surface area is 107 Å². The van der Waals surface area contributed by atoms with Gasteiger partial charge in [-0.1, -0.05) is 13.1 Å². The van der Waals surface area contributed by atoms with Gasteiger partial charge in [0.25, 0.3) is 0 Å². The monoisotopic (exact) mass is 255 g/mol. The van der Waals surface area contributed by atoms with Gasteiger partial charge in [0, 0.05) is 0 Å². The van der Waals surface area contributed by atoms with Crippen molar-refractivity contribution in [1.29, 1.82) is 0 Å². The Hall–Kier alpha value is 0.162. The molecule has 0 N–H and O–H groups in total. The van der Waals surface area contributed by atoms with E-state index in [2.05, 4.69) is 45.4 Å². The van der Waals surface area contributed by atoms with Gasteiger partial charge < -0.3 is 13.9 Å². The van der Waals surface area contributed by atoms with Gasteiger partial charge in [0.05, 0.1) is 11.2 Å². The van der Waals surface area contributed by atoms with E-state index in [9.17, 15) is 0 Å². The quantitative estimate of drug-likeness (QED) is 0.707. The largest absolute Gasteiger partial charge is 0.452 e. The molecule has 0 saturated carbocycles. The van der Waals surface area contributed by atoms with Gasteiger partial charge in [-0.2, -0.15) is 0 Å². The van der Waals surface area contributed by atoms with Crippen molar-refractivity contribution < 1.29 is 9.31 Å². The maximum atomic E-state index is 6.24. The highest BCUT2D eigenvalue weighted by molar-refractivity contribution is 7.26. The predicted molar refractivity (Wildman–Crippen MR) is 74.4 cm³/mol. The molecule has 0 radical (unpaired) electrons. The molecule has 0 spiro atoms. The molecule has 2 rings (SSSR count). The summed E-state index contributed by atoms with van der Waals surface area (Å²) < 4.78 is 15.1. The minimum atomic E-state index is -1.63. The molecular formula is C12H26BNO2Si. The van der Waals surface area contributed by atoms with E-state index in [1.165, 1.54) is 25.9 Å². The zero-order valence-corrected chi connectivity index (χ0v) is 13.2. The number of hydrogen-bond donors (Lipinski definition) is 0. The average molecular weight is 255 g/mol. The van der Waals surface area contributed by atoms with Gasteiger partial charge in [0.2, 0.25) is 0 Å². The van der Waals surface area contributed by atoms with E-state index >= 15 is 0 Å². The zero-order chi connectivity index (χ0) is 12.9. The Kier molecular flexibility index (Phi) is 3.26. The third-order valence-electron chi connectivity index (χ3n) is 4.75. The van der Waals surface area contributed by atoms with Gasteiger partial charge in [-0.15, -0.1) is 0 Å². The fourth-order valence-electron chi connectivity index (χ4n) is 2.57. The van der Waals surface area contributed by atoms with E-state index in [0.29, 0.717) is 0 Å². The van der Waals surface area contributed by atoms with Crippen molar-refractivity contribution in [2.75, 3.05) is 13.1 Å². The van der Waals surface area contributed by atoms with Crippen LogP contribution in [0.5, 0.6) is 0 Å². The molecular weight excluding hydrogens is 229 g/mol. The number of nitrogens with zero attached hydrogens (tertiary/aromatic N) is 1. The first kappa shape index (κ1) is 13.6. The topological polar surface area (TPSA) is 21.7 Å². The minimum absolute atomic E-state index is 0.00519. The van der Waals surface area contributed by atoms with Crippen LogP contribution in [0, 0.1) is 0 Å². The van der Waals surface area contributed by atoms with Crippen LogP contribution in [0.15, 0.2) is 0 Å². The van der Waals surface area contributed by atoms with Crippen LogP contribution in [-0.4, -0.2) is 43.7 Å². The van der Waals surface area contributed by atoms with Crippen LogP contribution >= 0.6 is 0 Å². The van der Waals surface area contributed by atoms with Crippen molar-refractivity contribution in [1.82, 2.24) is 4.57 Å². The lowest BCUT2D eigenvalue weighted by atomic mass is 9.90. The molecule has 0 atom stereocenters. The molecule has 2 saturated heterocycles. The second-order valence-corrected chi connectivity index (χ2v) is 11.3. The summed E-state index contributed by atoms with van der Waals surface area (Å²) in [5, 5.41) is 0. The first-order chi connectivity index (χ1) is 7.67. The molecule has 0 aromatic rings. The van der Waals surface area contributed by atoms with Crippen LogP contribution in [0.25, 0.3) is 0 Å². The maximum absolute atomic E-state index is 6.24. The van der Waals surface area contributed by atoms with Crippen LogP contribution in [-0.2, 0) is 9.31 Å². The summed E-state index contributed by atoms with van der Waals surface area (Å²) in [6.07, 6.45) is 2.66. The summed E-state index contributed by atoms with van der Waals surface area (Å²) in [6.45, 7) is 15.8. The Morgan fingerprint density at radius 1 is 0.941 bits per heavy atom. The lowest BCUT2D eigenvalue weighted by Crippen LogP contribution is -2.60. The maximum Gasteiger partial charge on any atom is 0.452 e. The Morgan fingerprint density at radius 3 is 1.76 bits per heavy atom.